The highest BCUT2D eigenvalue weighted by molar-refractivity contribution is 4.38. The van der Waals surface area contributed by atoms with Crippen LogP contribution in [0.4, 0.5) is 0 Å². The normalized spacial score (nSPS) is 13.7. The highest BCUT2D eigenvalue weighted by Gasteiger charge is 1.94. The quantitative estimate of drug-likeness (QED) is 0.327. The standard InChI is InChI=1S/C6H16N2O/c1-3-5-8-9-6(7)4-2/h6,8H,3-5,7H2,1-2H3. The van der Waals surface area contributed by atoms with E-state index in [1.165, 1.54) is 0 Å². The number of hydroxylamine groups is 1. The highest BCUT2D eigenvalue weighted by Crippen LogP contribution is 1.84. The van der Waals surface area contributed by atoms with Crippen LogP contribution in [0.25, 0.3) is 0 Å². The summed E-state index contributed by atoms with van der Waals surface area (Å²) < 4.78 is 0. The second-order valence-corrected chi connectivity index (χ2v) is 1.96. The molecule has 0 saturated heterocycles. The minimum atomic E-state index is -0.156. The summed E-state index contributed by atoms with van der Waals surface area (Å²) in [6.07, 6.45) is 1.75. The van der Waals surface area contributed by atoms with Gasteiger partial charge in [-0.1, -0.05) is 13.8 Å². The number of nitrogens with one attached hydrogen (secondary N) is 1. The van der Waals surface area contributed by atoms with Crippen LogP contribution in [0.15, 0.2) is 0 Å². The number of hydrogen-bond acceptors (Lipinski definition) is 3. The van der Waals surface area contributed by atoms with Crippen molar-refractivity contribution in [3.05, 3.63) is 0 Å². The van der Waals surface area contributed by atoms with Crippen LogP contribution in [0.1, 0.15) is 26.7 Å². The van der Waals surface area contributed by atoms with Crippen LogP contribution in [0.3, 0.4) is 0 Å². The van der Waals surface area contributed by atoms with Crippen LogP contribution >= 0.6 is 0 Å². The Labute approximate surface area is 56.5 Å². The Balaban J connectivity index is 2.88. The molecule has 0 fully saturated rings. The van der Waals surface area contributed by atoms with Gasteiger partial charge in [-0.2, -0.15) is 0 Å². The maximum atomic E-state index is 5.43. The Morgan fingerprint density at radius 3 is 2.67 bits per heavy atom. The molecule has 56 valence electrons. The number of hydrogen-bond donors (Lipinski definition) is 2. The van der Waals surface area contributed by atoms with E-state index in [1.807, 2.05) is 6.92 Å². The molecule has 0 bridgehead atoms. The monoisotopic (exact) mass is 132 g/mol. The molecule has 1 atom stereocenters. The molecule has 0 aromatic carbocycles. The average molecular weight is 132 g/mol. The Hall–Kier alpha value is -0.120. The molecule has 0 aliphatic heterocycles. The zero-order valence-electron chi connectivity index (χ0n) is 6.18. The van der Waals surface area contributed by atoms with Gasteiger partial charge in [-0.15, -0.1) is 0 Å². The first-order valence-corrected chi connectivity index (χ1v) is 3.45. The lowest BCUT2D eigenvalue weighted by molar-refractivity contribution is -0.0226. The van der Waals surface area contributed by atoms with Gasteiger partial charge in [-0.05, 0) is 12.8 Å². The lowest BCUT2D eigenvalue weighted by atomic mass is 10.4. The number of nitrogens with two attached hydrogens (primary N) is 1. The van der Waals surface area contributed by atoms with E-state index < -0.39 is 0 Å². The molecule has 1 unspecified atom stereocenters. The highest BCUT2D eigenvalue weighted by atomic mass is 16.7. The summed E-state index contributed by atoms with van der Waals surface area (Å²) >= 11 is 0. The molecule has 0 rings (SSSR count). The van der Waals surface area contributed by atoms with Gasteiger partial charge in [0, 0.05) is 6.54 Å². The van der Waals surface area contributed by atoms with Crippen LogP contribution in [0.2, 0.25) is 0 Å². The molecule has 0 aliphatic rings. The Bertz CT molecular complexity index is 59.0. The van der Waals surface area contributed by atoms with Crippen LogP contribution < -0.4 is 11.2 Å². The Morgan fingerprint density at radius 2 is 2.22 bits per heavy atom. The molecular weight excluding hydrogens is 116 g/mol. The van der Waals surface area contributed by atoms with E-state index in [-0.39, 0.29) is 6.23 Å². The lowest BCUT2D eigenvalue weighted by Crippen LogP contribution is -2.30. The molecular formula is C6H16N2O. The summed E-state index contributed by atoms with van der Waals surface area (Å²) in [5, 5.41) is 0. The molecule has 3 heteroatoms. The fourth-order valence-corrected chi connectivity index (χ4v) is 0.351. The second-order valence-electron chi connectivity index (χ2n) is 1.96. The van der Waals surface area contributed by atoms with Crippen molar-refractivity contribution in [1.82, 2.24) is 5.48 Å². The van der Waals surface area contributed by atoms with Gasteiger partial charge in [0.25, 0.3) is 0 Å². The third kappa shape index (κ3) is 5.76. The van der Waals surface area contributed by atoms with Gasteiger partial charge < -0.3 is 5.73 Å². The number of rotatable bonds is 5. The van der Waals surface area contributed by atoms with E-state index in [1.54, 1.807) is 0 Å². The van der Waals surface area contributed by atoms with Gasteiger partial charge in [0.15, 0.2) is 0 Å². The van der Waals surface area contributed by atoms with Gasteiger partial charge in [0.1, 0.15) is 6.23 Å². The SMILES string of the molecule is CCCNOC(N)CC. The topological polar surface area (TPSA) is 47.3 Å². The van der Waals surface area contributed by atoms with Crippen molar-refractivity contribution in [2.45, 2.75) is 32.9 Å². The Morgan fingerprint density at radius 1 is 1.56 bits per heavy atom. The van der Waals surface area contributed by atoms with E-state index in [9.17, 15) is 0 Å². The molecule has 3 N–H and O–H groups in total. The van der Waals surface area contributed by atoms with Crippen molar-refractivity contribution >= 4 is 0 Å². The van der Waals surface area contributed by atoms with E-state index >= 15 is 0 Å². The fraction of sp³-hybridized carbons (Fsp3) is 1.00. The average Bonchev–Trinajstić information content (AvgIpc) is 1.89. The molecule has 0 aromatic rings. The summed E-state index contributed by atoms with van der Waals surface area (Å²) in [6, 6.07) is 0. The van der Waals surface area contributed by atoms with Gasteiger partial charge in [0.2, 0.25) is 0 Å². The molecule has 0 spiro atoms. The van der Waals surface area contributed by atoms with Crippen molar-refractivity contribution in [2.24, 2.45) is 5.73 Å². The van der Waals surface area contributed by atoms with Gasteiger partial charge in [0.05, 0.1) is 0 Å². The van der Waals surface area contributed by atoms with Crippen LogP contribution in [-0.4, -0.2) is 12.8 Å². The van der Waals surface area contributed by atoms with Crippen molar-refractivity contribution in [1.29, 1.82) is 0 Å². The van der Waals surface area contributed by atoms with Crippen molar-refractivity contribution in [2.75, 3.05) is 6.54 Å². The first-order valence-electron chi connectivity index (χ1n) is 3.45. The predicted octanol–water partition coefficient (Wildman–Crippen LogP) is 0.612. The third-order valence-corrected chi connectivity index (χ3v) is 0.989. The molecule has 9 heavy (non-hydrogen) atoms. The second kappa shape index (κ2) is 6.01. The first-order chi connectivity index (χ1) is 4.31. The fourth-order valence-electron chi connectivity index (χ4n) is 0.351. The minimum absolute atomic E-state index is 0.156. The summed E-state index contributed by atoms with van der Waals surface area (Å²) in [5.41, 5.74) is 8.19. The van der Waals surface area contributed by atoms with Crippen molar-refractivity contribution in [3.63, 3.8) is 0 Å². The summed E-state index contributed by atoms with van der Waals surface area (Å²) in [5.74, 6) is 0. The van der Waals surface area contributed by atoms with Crippen LogP contribution in [0, 0.1) is 0 Å². The van der Waals surface area contributed by atoms with E-state index in [0.29, 0.717) is 0 Å². The molecule has 0 saturated carbocycles. The zero-order valence-corrected chi connectivity index (χ0v) is 6.18. The summed E-state index contributed by atoms with van der Waals surface area (Å²) in [4.78, 5) is 4.96. The van der Waals surface area contributed by atoms with Crippen molar-refractivity contribution < 1.29 is 4.84 Å². The zero-order chi connectivity index (χ0) is 7.11. The molecule has 0 aliphatic carbocycles. The lowest BCUT2D eigenvalue weighted by Gasteiger charge is -2.09. The van der Waals surface area contributed by atoms with Crippen LogP contribution in [0.5, 0.6) is 0 Å². The molecule has 3 nitrogen and oxygen atoms in total. The van der Waals surface area contributed by atoms with E-state index in [2.05, 4.69) is 12.4 Å². The van der Waals surface area contributed by atoms with E-state index in [4.69, 9.17) is 10.6 Å². The van der Waals surface area contributed by atoms with Crippen LogP contribution in [-0.2, 0) is 4.84 Å². The van der Waals surface area contributed by atoms with Gasteiger partial charge in [-0.25, -0.2) is 5.48 Å². The molecule has 0 amide bonds. The van der Waals surface area contributed by atoms with Gasteiger partial charge in [-0.3, -0.25) is 4.84 Å². The maximum absolute atomic E-state index is 5.43. The smallest absolute Gasteiger partial charge is 0.126 e. The van der Waals surface area contributed by atoms with Gasteiger partial charge >= 0.3 is 0 Å². The predicted molar refractivity (Wildman–Crippen MR) is 37.6 cm³/mol. The summed E-state index contributed by atoms with van der Waals surface area (Å²) in [7, 11) is 0. The molecule has 0 aromatic heterocycles. The van der Waals surface area contributed by atoms with Crippen molar-refractivity contribution in [3.8, 4) is 0 Å². The van der Waals surface area contributed by atoms with E-state index in [0.717, 1.165) is 19.4 Å². The molecule has 0 heterocycles. The third-order valence-electron chi connectivity index (χ3n) is 0.989. The largest absolute Gasteiger partial charge is 0.304 e. The summed E-state index contributed by atoms with van der Waals surface area (Å²) in [6.45, 7) is 4.93. The molecule has 0 radical (unpaired) electrons. The Kier molecular flexibility index (Phi) is 5.93. The maximum Gasteiger partial charge on any atom is 0.126 e. The minimum Gasteiger partial charge on any atom is -0.304 e. The first kappa shape index (κ1) is 8.88.